The molecule has 3 heteroatoms. The number of nitrogen functional groups attached to an aromatic ring is 1. The second-order valence-electron chi connectivity index (χ2n) is 4.24. The van der Waals surface area contributed by atoms with Crippen molar-refractivity contribution in [3.8, 4) is 5.75 Å². The third-order valence-electron chi connectivity index (χ3n) is 2.77. The topological polar surface area (TPSA) is 48.1 Å². The smallest absolute Gasteiger partial charge is 0.166 e. The van der Waals surface area contributed by atoms with Crippen molar-refractivity contribution in [1.82, 2.24) is 4.98 Å². The summed E-state index contributed by atoms with van der Waals surface area (Å²) in [4.78, 5) is 4.17. The summed E-state index contributed by atoms with van der Waals surface area (Å²) in [7, 11) is 0. The van der Waals surface area contributed by atoms with Crippen molar-refractivity contribution in [2.45, 2.75) is 37.7 Å². The summed E-state index contributed by atoms with van der Waals surface area (Å²) in [6.07, 6.45) is 7.17. The molecule has 2 N–H and O–H groups in total. The maximum absolute atomic E-state index is 5.75. The first kappa shape index (κ1) is 8.09. The second kappa shape index (κ2) is 2.87. The highest BCUT2D eigenvalue weighted by molar-refractivity contribution is 5.48. The molecule has 3 nitrogen and oxygen atoms in total. The number of rotatable bonds is 3. The number of aromatic nitrogens is 1. The summed E-state index contributed by atoms with van der Waals surface area (Å²) < 4.78 is 5.69. The molecular formula is C11H14N2O. The van der Waals surface area contributed by atoms with Crippen LogP contribution in [0.3, 0.4) is 0 Å². The first-order valence-electron chi connectivity index (χ1n) is 5.25. The van der Waals surface area contributed by atoms with Crippen LogP contribution in [0.2, 0.25) is 0 Å². The number of nitrogens with zero attached hydrogens (tertiary/aromatic N) is 1. The molecule has 0 aliphatic heterocycles. The number of anilines is 1. The lowest BCUT2D eigenvalue weighted by Gasteiger charge is -2.08. The second-order valence-corrected chi connectivity index (χ2v) is 4.24. The van der Waals surface area contributed by atoms with E-state index in [1.54, 1.807) is 0 Å². The molecule has 2 fully saturated rings. The van der Waals surface area contributed by atoms with E-state index in [-0.39, 0.29) is 0 Å². The van der Waals surface area contributed by atoms with Crippen LogP contribution < -0.4 is 10.5 Å². The van der Waals surface area contributed by atoms with Crippen molar-refractivity contribution in [1.29, 1.82) is 0 Å². The van der Waals surface area contributed by atoms with E-state index in [0.717, 1.165) is 18.6 Å². The van der Waals surface area contributed by atoms with Gasteiger partial charge in [-0.2, -0.15) is 0 Å². The zero-order valence-corrected chi connectivity index (χ0v) is 8.07. The van der Waals surface area contributed by atoms with Crippen molar-refractivity contribution < 1.29 is 4.74 Å². The minimum absolute atomic E-state index is 0.397. The summed E-state index contributed by atoms with van der Waals surface area (Å²) in [5.41, 5.74) is 7.04. The molecule has 0 atom stereocenters. The van der Waals surface area contributed by atoms with Gasteiger partial charge in [0.2, 0.25) is 0 Å². The SMILES string of the molecule is Nc1ncc(C2CC2)cc1OC1CC1. The lowest BCUT2D eigenvalue weighted by Crippen LogP contribution is -2.02. The van der Waals surface area contributed by atoms with E-state index in [1.165, 1.54) is 18.4 Å². The van der Waals surface area contributed by atoms with Gasteiger partial charge in [0, 0.05) is 6.20 Å². The Morgan fingerprint density at radius 3 is 2.71 bits per heavy atom. The fourth-order valence-electron chi connectivity index (χ4n) is 1.57. The van der Waals surface area contributed by atoms with Crippen LogP contribution in [0.15, 0.2) is 12.3 Å². The van der Waals surface area contributed by atoms with E-state index < -0.39 is 0 Å². The Morgan fingerprint density at radius 2 is 2.07 bits per heavy atom. The Hall–Kier alpha value is -1.25. The Labute approximate surface area is 83.3 Å². The van der Waals surface area contributed by atoms with E-state index in [9.17, 15) is 0 Å². The standard InChI is InChI=1S/C11H14N2O/c12-11-10(14-9-3-4-9)5-8(6-13-11)7-1-2-7/h5-7,9H,1-4H2,(H2,12,13). The van der Waals surface area contributed by atoms with Gasteiger partial charge in [-0.1, -0.05) is 0 Å². The Kier molecular flexibility index (Phi) is 1.66. The fraction of sp³-hybridized carbons (Fsp3) is 0.545. The molecule has 0 aromatic carbocycles. The third kappa shape index (κ3) is 1.54. The van der Waals surface area contributed by atoms with Gasteiger partial charge in [-0.15, -0.1) is 0 Å². The van der Waals surface area contributed by atoms with Gasteiger partial charge in [0.25, 0.3) is 0 Å². The van der Waals surface area contributed by atoms with Crippen LogP contribution in [0.1, 0.15) is 37.2 Å². The maximum atomic E-state index is 5.75. The van der Waals surface area contributed by atoms with E-state index in [2.05, 4.69) is 11.1 Å². The lowest BCUT2D eigenvalue weighted by molar-refractivity contribution is 0.303. The molecular weight excluding hydrogens is 176 g/mol. The minimum atomic E-state index is 0.397. The third-order valence-corrected chi connectivity index (χ3v) is 2.77. The van der Waals surface area contributed by atoms with E-state index in [4.69, 9.17) is 10.5 Å². The minimum Gasteiger partial charge on any atom is -0.487 e. The summed E-state index contributed by atoms with van der Waals surface area (Å²) in [6, 6.07) is 2.07. The fourth-order valence-corrected chi connectivity index (χ4v) is 1.57. The van der Waals surface area contributed by atoms with Gasteiger partial charge in [0.05, 0.1) is 6.10 Å². The highest BCUT2D eigenvalue weighted by atomic mass is 16.5. The van der Waals surface area contributed by atoms with Gasteiger partial charge in [-0.25, -0.2) is 4.98 Å². The van der Waals surface area contributed by atoms with Crippen molar-refractivity contribution in [2.75, 3.05) is 5.73 Å². The van der Waals surface area contributed by atoms with Gasteiger partial charge in [-0.05, 0) is 43.2 Å². The van der Waals surface area contributed by atoms with Crippen LogP contribution in [0.25, 0.3) is 0 Å². The first-order valence-corrected chi connectivity index (χ1v) is 5.25. The van der Waals surface area contributed by atoms with Gasteiger partial charge < -0.3 is 10.5 Å². The van der Waals surface area contributed by atoms with Gasteiger partial charge in [-0.3, -0.25) is 0 Å². The van der Waals surface area contributed by atoms with Crippen LogP contribution >= 0.6 is 0 Å². The monoisotopic (exact) mass is 190 g/mol. The van der Waals surface area contributed by atoms with Crippen LogP contribution in [0, 0.1) is 0 Å². The van der Waals surface area contributed by atoms with Gasteiger partial charge in [0.15, 0.2) is 11.6 Å². The summed E-state index contributed by atoms with van der Waals surface area (Å²) in [5.74, 6) is 2.03. The van der Waals surface area contributed by atoms with Crippen molar-refractivity contribution >= 4 is 5.82 Å². The molecule has 1 aromatic heterocycles. The van der Waals surface area contributed by atoms with Crippen LogP contribution in [-0.4, -0.2) is 11.1 Å². The number of ether oxygens (including phenoxy) is 1. The molecule has 0 radical (unpaired) electrons. The first-order chi connectivity index (χ1) is 6.83. The molecule has 0 saturated heterocycles. The largest absolute Gasteiger partial charge is 0.487 e. The molecule has 0 spiro atoms. The average Bonchev–Trinajstić information content (AvgIpc) is 3.01. The molecule has 1 aromatic rings. The molecule has 74 valence electrons. The van der Waals surface area contributed by atoms with Crippen LogP contribution in [0.5, 0.6) is 5.75 Å². The normalized spacial score (nSPS) is 20.9. The van der Waals surface area contributed by atoms with E-state index in [1.807, 2.05) is 6.20 Å². The molecule has 2 aliphatic carbocycles. The van der Waals surface area contributed by atoms with E-state index in [0.29, 0.717) is 17.8 Å². The average molecular weight is 190 g/mol. The molecule has 1 heterocycles. The Bertz CT molecular complexity index is 356. The number of hydrogen-bond donors (Lipinski definition) is 1. The highest BCUT2D eigenvalue weighted by Crippen LogP contribution is 2.42. The predicted octanol–water partition coefficient (Wildman–Crippen LogP) is 2.08. The summed E-state index contributed by atoms with van der Waals surface area (Å²) >= 11 is 0. The molecule has 2 aliphatic rings. The molecule has 14 heavy (non-hydrogen) atoms. The molecule has 0 bridgehead atoms. The zero-order chi connectivity index (χ0) is 9.54. The van der Waals surface area contributed by atoms with Crippen molar-refractivity contribution in [3.63, 3.8) is 0 Å². The predicted molar refractivity (Wildman–Crippen MR) is 54.3 cm³/mol. The highest BCUT2D eigenvalue weighted by Gasteiger charge is 2.27. The Morgan fingerprint density at radius 1 is 1.29 bits per heavy atom. The van der Waals surface area contributed by atoms with Crippen molar-refractivity contribution in [2.24, 2.45) is 0 Å². The van der Waals surface area contributed by atoms with Crippen LogP contribution in [0.4, 0.5) is 5.82 Å². The number of nitrogens with two attached hydrogens (primary N) is 1. The number of hydrogen-bond acceptors (Lipinski definition) is 3. The van der Waals surface area contributed by atoms with E-state index >= 15 is 0 Å². The van der Waals surface area contributed by atoms with Gasteiger partial charge >= 0.3 is 0 Å². The lowest BCUT2D eigenvalue weighted by atomic mass is 10.2. The summed E-state index contributed by atoms with van der Waals surface area (Å²) in [6.45, 7) is 0. The molecule has 0 unspecified atom stereocenters. The Balaban J connectivity index is 1.86. The maximum Gasteiger partial charge on any atom is 0.166 e. The molecule has 2 saturated carbocycles. The van der Waals surface area contributed by atoms with Crippen molar-refractivity contribution in [3.05, 3.63) is 17.8 Å². The summed E-state index contributed by atoms with van der Waals surface area (Å²) in [5, 5.41) is 0. The molecule has 3 rings (SSSR count). The zero-order valence-electron chi connectivity index (χ0n) is 8.07. The van der Waals surface area contributed by atoms with Gasteiger partial charge in [0.1, 0.15) is 0 Å². The van der Waals surface area contributed by atoms with Crippen LogP contribution in [-0.2, 0) is 0 Å². The quantitative estimate of drug-likeness (QED) is 0.793. The molecule has 0 amide bonds. The number of pyridine rings is 1.